The molecule has 26 heavy (non-hydrogen) atoms. The summed E-state index contributed by atoms with van der Waals surface area (Å²) in [6.07, 6.45) is 0. The highest BCUT2D eigenvalue weighted by Crippen LogP contribution is 2.33. The van der Waals surface area contributed by atoms with Gasteiger partial charge in [-0.15, -0.1) is 0 Å². The van der Waals surface area contributed by atoms with Crippen LogP contribution in [0.1, 0.15) is 47.6 Å². The monoisotopic (exact) mass is 339 g/mol. The SMILES string of the molecule is Cc1ccc(C(C)C)c(C(=C=Nc2ccccc2)c2ccccc2)c1C. The molecular weight excluding hydrogens is 314 g/mol. The van der Waals surface area contributed by atoms with E-state index in [0.717, 1.165) is 16.8 Å². The van der Waals surface area contributed by atoms with E-state index in [0.29, 0.717) is 5.92 Å². The molecule has 1 nitrogen and oxygen atoms in total. The summed E-state index contributed by atoms with van der Waals surface area (Å²) >= 11 is 0. The maximum Gasteiger partial charge on any atom is 0.0729 e. The summed E-state index contributed by atoms with van der Waals surface area (Å²) in [6, 6.07) is 24.9. The number of para-hydroxylation sites is 1. The van der Waals surface area contributed by atoms with E-state index < -0.39 is 0 Å². The van der Waals surface area contributed by atoms with Gasteiger partial charge in [-0.2, -0.15) is 0 Å². The molecule has 0 spiro atoms. The summed E-state index contributed by atoms with van der Waals surface area (Å²) in [4.78, 5) is 4.64. The van der Waals surface area contributed by atoms with Crippen molar-refractivity contribution in [2.75, 3.05) is 0 Å². The minimum Gasteiger partial charge on any atom is -0.206 e. The van der Waals surface area contributed by atoms with Crippen LogP contribution in [0.4, 0.5) is 5.69 Å². The molecule has 0 N–H and O–H groups in total. The van der Waals surface area contributed by atoms with Gasteiger partial charge in [0.05, 0.1) is 11.3 Å². The molecule has 0 aliphatic rings. The van der Waals surface area contributed by atoms with Crippen LogP contribution in [0, 0.1) is 13.8 Å². The minimum absolute atomic E-state index is 0.432. The molecule has 3 aromatic carbocycles. The molecule has 0 aliphatic heterocycles. The summed E-state index contributed by atoms with van der Waals surface area (Å²) in [5.74, 6) is 3.81. The van der Waals surface area contributed by atoms with Gasteiger partial charge in [0.1, 0.15) is 0 Å². The van der Waals surface area contributed by atoms with Crippen LogP contribution in [0.2, 0.25) is 0 Å². The third-order valence-corrected chi connectivity index (χ3v) is 4.76. The number of benzene rings is 3. The number of hydrogen-bond donors (Lipinski definition) is 0. The fourth-order valence-electron chi connectivity index (χ4n) is 3.14. The van der Waals surface area contributed by atoms with E-state index in [1.807, 2.05) is 36.4 Å². The van der Waals surface area contributed by atoms with E-state index in [9.17, 15) is 0 Å². The minimum atomic E-state index is 0.432. The second-order valence-electron chi connectivity index (χ2n) is 6.93. The average molecular weight is 339 g/mol. The fraction of sp³-hybridized carbons (Fsp3) is 0.200. The first-order chi connectivity index (χ1) is 12.6. The summed E-state index contributed by atoms with van der Waals surface area (Å²) in [5, 5.41) is 0. The number of hydrogen-bond acceptors (Lipinski definition) is 1. The van der Waals surface area contributed by atoms with Crippen molar-refractivity contribution in [2.45, 2.75) is 33.6 Å². The Morgan fingerprint density at radius 2 is 1.42 bits per heavy atom. The molecule has 0 atom stereocenters. The van der Waals surface area contributed by atoms with Crippen LogP contribution < -0.4 is 0 Å². The lowest BCUT2D eigenvalue weighted by Crippen LogP contribution is -2.02. The van der Waals surface area contributed by atoms with E-state index in [1.165, 1.54) is 22.3 Å². The van der Waals surface area contributed by atoms with Crippen LogP contribution in [0.15, 0.2) is 77.8 Å². The topological polar surface area (TPSA) is 12.4 Å². The lowest BCUT2D eigenvalue weighted by molar-refractivity contribution is 0.859. The molecule has 0 aromatic heterocycles. The summed E-state index contributed by atoms with van der Waals surface area (Å²) in [6.45, 7) is 8.85. The van der Waals surface area contributed by atoms with Gasteiger partial charge in [-0.25, -0.2) is 4.99 Å². The fourth-order valence-corrected chi connectivity index (χ4v) is 3.14. The van der Waals surface area contributed by atoms with Gasteiger partial charge in [-0.1, -0.05) is 74.5 Å². The van der Waals surface area contributed by atoms with Crippen LogP contribution in [0.5, 0.6) is 0 Å². The van der Waals surface area contributed by atoms with Gasteiger partial charge in [-0.3, -0.25) is 0 Å². The van der Waals surface area contributed by atoms with E-state index in [-0.39, 0.29) is 0 Å². The van der Waals surface area contributed by atoms with E-state index in [4.69, 9.17) is 0 Å². The van der Waals surface area contributed by atoms with Gasteiger partial charge in [0.25, 0.3) is 0 Å². The van der Waals surface area contributed by atoms with Crippen molar-refractivity contribution in [2.24, 2.45) is 4.99 Å². The first-order valence-corrected chi connectivity index (χ1v) is 9.12. The molecule has 0 aliphatic carbocycles. The second-order valence-corrected chi connectivity index (χ2v) is 6.93. The standard InChI is InChI=1S/C25H25N/c1-18(2)23-16-15-19(3)20(4)25(23)24(21-11-7-5-8-12-21)17-26-22-13-9-6-10-14-22/h5-16,18H,1-4H3. The van der Waals surface area contributed by atoms with Gasteiger partial charge in [-0.05, 0) is 65.6 Å². The molecule has 1 heteroatoms. The Kier molecular flexibility index (Phi) is 5.51. The van der Waals surface area contributed by atoms with Gasteiger partial charge in [0.15, 0.2) is 0 Å². The molecular formula is C25H25N. The van der Waals surface area contributed by atoms with Crippen molar-refractivity contribution in [3.05, 3.63) is 101 Å². The number of rotatable bonds is 4. The maximum atomic E-state index is 4.64. The van der Waals surface area contributed by atoms with E-state index in [1.54, 1.807) is 0 Å². The van der Waals surface area contributed by atoms with Crippen molar-refractivity contribution in [3.63, 3.8) is 0 Å². The Hall–Kier alpha value is -2.89. The predicted octanol–water partition coefficient (Wildman–Crippen LogP) is 6.86. The molecule has 0 fully saturated rings. The molecule has 0 saturated heterocycles. The third kappa shape index (κ3) is 3.85. The van der Waals surface area contributed by atoms with E-state index in [2.05, 4.69) is 75.0 Å². The lowest BCUT2D eigenvalue weighted by Gasteiger charge is -2.19. The van der Waals surface area contributed by atoms with Crippen LogP contribution in [-0.2, 0) is 0 Å². The smallest absolute Gasteiger partial charge is 0.0729 e. The molecule has 0 heterocycles. The quantitative estimate of drug-likeness (QED) is 0.460. The second kappa shape index (κ2) is 7.99. The zero-order valence-corrected chi connectivity index (χ0v) is 16.0. The van der Waals surface area contributed by atoms with Crippen molar-refractivity contribution >= 4 is 17.1 Å². The normalized spacial score (nSPS) is 10.5. The van der Waals surface area contributed by atoms with Crippen LogP contribution in [0.25, 0.3) is 5.57 Å². The Morgan fingerprint density at radius 3 is 2.04 bits per heavy atom. The highest BCUT2D eigenvalue weighted by atomic mass is 14.7. The van der Waals surface area contributed by atoms with Gasteiger partial charge in [0.2, 0.25) is 0 Å². The van der Waals surface area contributed by atoms with Crippen molar-refractivity contribution in [3.8, 4) is 0 Å². The molecule has 0 saturated carbocycles. The molecule has 3 rings (SSSR count). The van der Waals surface area contributed by atoms with Crippen molar-refractivity contribution in [1.29, 1.82) is 0 Å². The Bertz CT molecular complexity index is 944. The highest BCUT2D eigenvalue weighted by molar-refractivity contribution is 6.01. The predicted molar refractivity (Wildman–Crippen MR) is 112 cm³/mol. The number of aliphatic imine (C=N–C) groups is 1. The first-order valence-electron chi connectivity index (χ1n) is 9.12. The average Bonchev–Trinajstić information content (AvgIpc) is 2.66. The third-order valence-electron chi connectivity index (χ3n) is 4.76. The van der Waals surface area contributed by atoms with Crippen molar-refractivity contribution in [1.82, 2.24) is 0 Å². The molecule has 0 unspecified atom stereocenters. The largest absolute Gasteiger partial charge is 0.206 e. The van der Waals surface area contributed by atoms with Gasteiger partial charge < -0.3 is 0 Å². The van der Waals surface area contributed by atoms with Gasteiger partial charge in [0, 0.05) is 0 Å². The van der Waals surface area contributed by atoms with Crippen molar-refractivity contribution < 1.29 is 0 Å². The highest BCUT2D eigenvalue weighted by Gasteiger charge is 2.16. The van der Waals surface area contributed by atoms with Gasteiger partial charge >= 0.3 is 0 Å². The van der Waals surface area contributed by atoms with E-state index >= 15 is 0 Å². The Balaban J connectivity index is 2.30. The first kappa shape index (κ1) is 17.9. The molecule has 130 valence electrons. The lowest BCUT2D eigenvalue weighted by atomic mass is 9.85. The van der Waals surface area contributed by atoms with Crippen LogP contribution in [0.3, 0.4) is 0 Å². The summed E-state index contributed by atoms with van der Waals surface area (Å²) in [5.41, 5.74) is 8.29. The molecule has 0 radical (unpaired) electrons. The van der Waals surface area contributed by atoms with Crippen LogP contribution in [-0.4, -0.2) is 5.87 Å². The summed E-state index contributed by atoms with van der Waals surface area (Å²) in [7, 11) is 0. The molecule has 3 aromatic rings. The zero-order valence-electron chi connectivity index (χ0n) is 16.0. The molecule has 0 amide bonds. The Morgan fingerprint density at radius 1 is 0.808 bits per heavy atom. The molecule has 0 bridgehead atoms. The number of nitrogens with zero attached hydrogens (tertiary/aromatic N) is 1. The zero-order chi connectivity index (χ0) is 18.5. The Labute approximate surface area is 156 Å². The summed E-state index contributed by atoms with van der Waals surface area (Å²) < 4.78 is 0. The van der Waals surface area contributed by atoms with Crippen LogP contribution >= 0.6 is 0 Å². The number of aryl methyl sites for hydroxylation is 1. The maximum absolute atomic E-state index is 4.64.